The van der Waals surface area contributed by atoms with Gasteiger partial charge in [0.05, 0.1) is 22.3 Å². The van der Waals surface area contributed by atoms with Crippen LogP contribution >= 0.6 is 0 Å². The van der Waals surface area contributed by atoms with Crippen molar-refractivity contribution in [3.05, 3.63) is 69.5 Å². The van der Waals surface area contributed by atoms with Crippen LogP contribution in [0.3, 0.4) is 0 Å². The van der Waals surface area contributed by atoms with Crippen LogP contribution in [-0.2, 0) is 0 Å². The largest absolute Gasteiger partial charge is 0.386 e. The van der Waals surface area contributed by atoms with E-state index in [0.29, 0.717) is 5.69 Å². The Morgan fingerprint density at radius 3 is 2.73 bits per heavy atom. The summed E-state index contributed by atoms with van der Waals surface area (Å²) >= 11 is 0. The number of benzene rings is 2. The number of aliphatic hydroxyl groups is 1. The van der Waals surface area contributed by atoms with E-state index in [0.717, 1.165) is 6.07 Å². The van der Waals surface area contributed by atoms with Gasteiger partial charge in [-0.3, -0.25) is 10.1 Å². The number of non-ortho nitro benzene ring substituents is 1. The molecule has 1 atom stereocenters. The Morgan fingerprint density at radius 2 is 2.09 bits per heavy atom. The minimum atomic E-state index is -1.11. The van der Waals surface area contributed by atoms with Crippen molar-refractivity contribution in [2.45, 2.75) is 6.10 Å². The van der Waals surface area contributed by atoms with E-state index in [4.69, 9.17) is 5.26 Å². The van der Waals surface area contributed by atoms with Crippen LogP contribution in [0.4, 0.5) is 15.8 Å². The zero-order valence-corrected chi connectivity index (χ0v) is 11.4. The van der Waals surface area contributed by atoms with Gasteiger partial charge in [0.25, 0.3) is 5.69 Å². The standard InChI is InChI=1S/C15H12FN3O3/c16-13-4-2-1-3-12(13)15(20)9-18-14-6-5-11(19(21)22)7-10(14)8-17/h1-7,15,18,20H,9H2/t15-/m1/s1. The number of anilines is 1. The average Bonchev–Trinajstić information content (AvgIpc) is 2.52. The Kier molecular flexibility index (Phi) is 4.66. The third-order valence-corrected chi connectivity index (χ3v) is 3.08. The Balaban J connectivity index is 2.13. The molecular weight excluding hydrogens is 289 g/mol. The lowest BCUT2D eigenvalue weighted by molar-refractivity contribution is -0.384. The van der Waals surface area contributed by atoms with Gasteiger partial charge in [-0.2, -0.15) is 5.26 Å². The van der Waals surface area contributed by atoms with Crippen molar-refractivity contribution < 1.29 is 14.4 Å². The topological polar surface area (TPSA) is 99.2 Å². The molecule has 0 bridgehead atoms. The molecule has 0 heterocycles. The van der Waals surface area contributed by atoms with Gasteiger partial charge in [0.1, 0.15) is 11.9 Å². The first-order valence-corrected chi connectivity index (χ1v) is 6.38. The maximum absolute atomic E-state index is 13.5. The van der Waals surface area contributed by atoms with Crippen molar-refractivity contribution >= 4 is 11.4 Å². The molecule has 2 aromatic rings. The van der Waals surface area contributed by atoms with Crippen LogP contribution in [-0.4, -0.2) is 16.6 Å². The number of halogens is 1. The van der Waals surface area contributed by atoms with Crippen molar-refractivity contribution in [1.29, 1.82) is 5.26 Å². The van der Waals surface area contributed by atoms with Crippen LogP contribution < -0.4 is 5.32 Å². The molecule has 22 heavy (non-hydrogen) atoms. The molecular formula is C15H12FN3O3. The summed E-state index contributed by atoms with van der Waals surface area (Å²) in [6, 6.07) is 11.4. The van der Waals surface area contributed by atoms with Gasteiger partial charge in [0, 0.05) is 24.2 Å². The molecule has 0 saturated heterocycles. The third kappa shape index (κ3) is 3.37. The summed E-state index contributed by atoms with van der Waals surface area (Å²) in [7, 11) is 0. The Bertz CT molecular complexity index is 743. The maximum atomic E-state index is 13.5. The van der Waals surface area contributed by atoms with Gasteiger partial charge in [0.15, 0.2) is 0 Å². The molecule has 0 saturated carbocycles. The lowest BCUT2D eigenvalue weighted by Gasteiger charge is -2.14. The number of nitrogens with one attached hydrogen (secondary N) is 1. The highest BCUT2D eigenvalue weighted by atomic mass is 19.1. The normalized spacial score (nSPS) is 11.5. The molecule has 2 aromatic carbocycles. The lowest BCUT2D eigenvalue weighted by Crippen LogP contribution is -2.14. The third-order valence-electron chi connectivity index (χ3n) is 3.08. The predicted molar refractivity (Wildman–Crippen MR) is 77.7 cm³/mol. The number of hydrogen-bond donors (Lipinski definition) is 2. The van der Waals surface area contributed by atoms with E-state index in [1.807, 2.05) is 6.07 Å². The summed E-state index contributed by atoms with van der Waals surface area (Å²) in [6.07, 6.45) is -1.11. The van der Waals surface area contributed by atoms with E-state index in [1.165, 1.54) is 30.3 Å². The summed E-state index contributed by atoms with van der Waals surface area (Å²) in [5, 5.41) is 32.4. The van der Waals surface area contributed by atoms with Gasteiger partial charge in [-0.25, -0.2) is 4.39 Å². The fourth-order valence-electron chi connectivity index (χ4n) is 1.95. The number of hydrogen-bond acceptors (Lipinski definition) is 5. The second-order valence-electron chi connectivity index (χ2n) is 4.52. The summed E-state index contributed by atoms with van der Waals surface area (Å²) in [4.78, 5) is 10.1. The second kappa shape index (κ2) is 6.65. The summed E-state index contributed by atoms with van der Waals surface area (Å²) in [5.41, 5.74) is 0.352. The van der Waals surface area contributed by atoms with Crippen LogP contribution in [0.2, 0.25) is 0 Å². The SMILES string of the molecule is N#Cc1cc([N+](=O)[O-])ccc1NC[C@@H](O)c1ccccc1F. The van der Waals surface area contributed by atoms with E-state index in [1.54, 1.807) is 6.07 Å². The fourth-order valence-corrected chi connectivity index (χ4v) is 1.95. The second-order valence-corrected chi connectivity index (χ2v) is 4.52. The number of rotatable bonds is 5. The summed E-state index contributed by atoms with van der Waals surface area (Å²) in [6.45, 7) is -0.0343. The predicted octanol–water partition coefficient (Wildman–Crippen LogP) is 2.75. The highest BCUT2D eigenvalue weighted by Gasteiger charge is 2.14. The van der Waals surface area contributed by atoms with Crippen molar-refractivity contribution in [3.8, 4) is 6.07 Å². The molecule has 7 heteroatoms. The lowest BCUT2D eigenvalue weighted by atomic mass is 10.1. The molecule has 2 rings (SSSR count). The molecule has 112 valence electrons. The van der Waals surface area contributed by atoms with E-state index < -0.39 is 16.8 Å². The van der Waals surface area contributed by atoms with Gasteiger partial charge in [-0.05, 0) is 12.1 Å². The average molecular weight is 301 g/mol. The number of nitro groups is 1. The van der Waals surface area contributed by atoms with Crippen molar-refractivity contribution in [2.75, 3.05) is 11.9 Å². The van der Waals surface area contributed by atoms with Crippen molar-refractivity contribution in [3.63, 3.8) is 0 Å². The van der Waals surface area contributed by atoms with Gasteiger partial charge in [-0.1, -0.05) is 18.2 Å². The molecule has 6 nitrogen and oxygen atoms in total. The minimum absolute atomic E-state index is 0.0343. The summed E-state index contributed by atoms with van der Waals surface area (Å²) in [5.74, 6) is -0.527. The molecule has 0 aliphatic heterocycles. The van der Waals surface area contributed by atoms with Crippen molar-refractivity contribution in [1.82, 2.24) is 0 Å². The van der Waals surface area contributed by atoms with Gasteiger partial charge >= 0.3 is 0 Å². The van der Waals surface area contributed by atoms with E-state index in [9.17, 15) is 19.6 Å². The smallest absolute Gasteiger partial charge is 0.270 e. The van der Waals surface area contributed by atoms with E-state index in [-0.39, 0.29) is 23.4 Å². The summed E-state index contributed by atoms with van der Waals surface area (Å²) < 4.78 is 13.5. The van der Waals surface area contributed by atoms with E-state index in [2.05, 4.69) is 5.32 Å². The molecule has 0 aliphatic rings. The first-order valence-electron chi connectivity index (χ1n) is 6.38. The molecule has 0 spiro atoms. The Morgan fingerprint density at radius 1 is 1.36 bits per heavy atom. The monoisotopic (exact) mass is 301 g/mol. The fraction of sp³-hybridized carbons (Fsp3) is 0.133. The minimum Gasteiger partial charge on any atom is -0.386 e. The molecule has 0 amide bonds. The van der Waals surface area contributed by atoms with Gasteiger partial charge < -0.3 is 10.4 Å². The van der Waals surface area contributed by atoms with Crippen molar-refractivity contribution in [2.24, 2.45) is 0 Å². The Hall–Kier alpha value is -2.98. The van der Waals surface area contributed by atoms with Crippen LogP contribution in [0.5, 0.6) is 0 Å². The Labute approximate surface area is 125 Å². The first-order chi connectivity index (χ1) is 10.5. The van der Waals surface area contributed by atoms with Gasteiger partial charge in [0.2, 0.25) is 0 Å². The van der Waals surface area contributed by atoms with Crippen LogP contribution in [0, 0.1) is 27.3 Å². The molecule has 2 N–H and O–H groups in total. The quantitative estimate of drug-likeness (QED) is 0.653. The molecule has 0 unspecified atom stereocenters. The van der Waals surface area contributed by atoms with Gasteiger partial charge in [-0.15, -0.1) is 0 Å². The number of nitrogens with zero attached hydrogens (tertiary/aromatic N) is 2. The molecule has 0 aromatic heterocycles. The van der Waals surface area contributed by atoms with Crippen LogP contribution in [0.15, 0.2) is 42.5 Å². The number of nitro benzene ring substituents is 1. The molecule has 0 radical (unpaired) electrons. The van der Waals surface area contributed by atoms with Crippen LogP contribution in [0.25, 0.3) is 0 Å². The highest BCUT2D eigenvalue weighted by Crippen LogP contribution is 2.23. The van der Waals surface area contributed by atoms with E-state index >= 15 is 0 Å². The number of aliphatic hydroxyl groups excluding tert-OH is 1. The first kappa shape index (κ1) is 15.4. The molecule has 0 fully saturated rings. The number of nitriles is 1. The maximum Gasteiger partial charge on any atom is 0.270 e. The molecule has 0 aliphatic carbocycles. The zero-order valence-electron chi connectivity index (χ0n) is 11.4. The zero-order chi connectivity index (χ0) is 16.1. The van der Waals surface area contributed by atoms with Crippen LogP contribution in [0.1, 0.15) is 17.2 Å². The highest BCUT2D eigenvalue weighted by molar-refractivity contribution is 5.61.